The van der Waals surface area contributed by atoms with Crippen molar-refractivity contribution in [1.29, 1.82) is 0 Å². The van der Waals surface area contributed by atoms with E-state index in [1.807, 2.05) is 122 Å². The smallest absolute Gasteiger partial charge is 0.266 e. The van der Waals surface area contributed by atoms with Gasteiger partial charge in [0.15, 0.2) is 0 Å². The zero-order valence-corrected chi connectivity index (χ0v) is 23.2. The fraction of sp³-hybridized carbons (Fsp3) is 0.139. The van der Waals surface area contributed by atoms with Crippen molar-refractivity contribution in [2.45, 2.75) is 26.3 Å². The SMILES string of the molecule is Cc1cccc(-n2c(C(C)N(CCc3ccccc3)C(=O)c3ccc4ccccc4c3)nc3ccccc3c2=O)c1. The minimum Gasteiger partial charge on any atom is -0.328 e. The molecule has 6 rings (SSSR count). The number of fused-ring (bicyclic) bond motifs is 2. The van der Waals surface area contributed by atoms with Crippen LogP contribution in [0.2, 0.25) is 0 Å². The highest BCUT2D eigenvalue weighted by molar-refractivity contribution is 5.98. The number of hydrogen-bond acceptors (Lipinski definition) is 3. The largest absolute Gasteiger partial charge is 0.328 e. The molecule has 0 spiro atoms. The van der Waals surface area contributed by atoms with E-state index in [-0.39, 0.29) is 11.5 Å². The molecule has 1 heterocycles. The van der Waals surface area contributed by atoms with E-state index in [1.54, 1.807) is 10.6 Å². The molecule has 5 heteroatoms. The van der Waals surface area contributed by atoms with Gasteiger partial charge < -0.3 is 4.90 Å². The maximum absolute atomic E-state index is 14.3. The second-order valence-corrected chi connectivity index (χ2v) is 10.4. The summed E-state index contributed by atoms with van der Waals surface area (Å²) in [4.78, 5) is 35.1. The highest BCUT2D eigenvalue weighted by Gasteiger charge is 2.28. The summed E-state index contributed by atoms with van der Waals surface area (Å²) in [6.45, 7) is 4.43. The van der Waals surface area contributed by atoms with Crippen molar-refractivity contribution < 1.29 is 4.79 Å². The molecule has 41 heavy (non-hydrogen) atoms. The van der Waals surface area contributed by atoms with Crippen molar-refractivity contribution in [3.8, 4) is 5.69 Å². The van der Waals surface area contributed by atoms with E-state index in [0.717, 1.165) is 27.6 Å². The molecule has 1 atom stereocenters. The van der Waals surface area contributed by atoms with Crippen molar-refractivity contribution in [1.82, 2.24) is 14.5 Å². The van der Waals surface area contributed by atoms with Gasteiger partial charge in [-0.2, -0.15) is 0 Å². The first kappa shape index (κ1) is 26.2. The predicted octanol–water partition coefficient (Wildman–Crippen LogP) is 7.29. The van der Waals surface area contributed by atoms with Crippen LogP contribution in [0.15, 0.2) is 126 Å². The van der Waals surface area contributed by atoms with Gasteiger partial charge in [-0.15, -0.1) is 0 Å². The lowest BCUT2D eigenvalue weighted by Gasteiger charge is -2.31. The molecular weight excluding hydrogens is 506 g/mol. The Hall–Kier alpha value is -5.03. The third kappa shape index (κ3) is 5.27. The van der Waals surface area contributed by atoms with Crippen molar-refractivity contribution in [3.05, 3.63) is 154 Å². The number of rotatable bonds is 7. The van der Waals surface area contributed by atoms with Crippen molar-refractivity contribution >= 4 is 27.6 Å². The first-order valence-electron chi connectivity index (χ1n) is 13.9. The number of carbonyl (C=O) groups excluding carboxylic acids is 1. The monoisotopic (exact) mass is 537 g/mol. The highest BCUT2D eigenvalue weighted by atomic mass is 16.2. The molecule has 0 N–H and O–H groups in total. The van der Waals surface area contributed by atoms with Crippen LogP contribution in [0, 0.1) is 6.92 Å². The molecule has 0 fully saturated rings. The van der Waals surface area contributed by atoms with Crippen LogP contribution in [0.3, 0.4) is 0 Å². The standard InChI is InChI=1S/C36H31N3O2/c1-25-11-10-16-31(23-25)39-34(37-33-18-9-8-17-32(33)36(39)41)26(2)38(22-21-27-12-4-3-5-13-27)35(40)30-20-19-28-14-6-7-15-29(28)24-30/h3-20,23-24,26H,21-22H2,1-2H3. The topological polar surface area (TPSA) is 55.2 Å². The Bertz CT molecular complexity index is 1930. The van der Waals surface area contributed by atoms with Gasteiger partial charge in [-0.1, -0.05) is 84.9 Å². The Balaban J connectivity index is 1.49. The van der Waals surface area contributed by atoms with Crippen LogP contribution < -0.4 is 5.56 Å². The summed E-state index contributed by atoms with van der Waals surface area (Å²) < 4.78 is 1.67. The normalized spacial score (nSPS) is 12.0. The molecule has 0 saturated heterocycles. The van der Waals surface area contributed by atoms with Gasteiger partial charge in [0.05, 0.1) is 22.6 Å². The average Bonchev–Trinajstić information content (AvgIpc) is 3.01. The molecule has 0 aliphatic carbocycles. The molecule has 0 radical (unpaired) electrons. The van der Waals surface area contributed by atoms with Gasteiger partial charge >= 0.3 is 0 Å². The number of aromatic nitrogens is 2. The van der Waals surface area contributed by atoms with Crippen LogP contribution in [0.4, 0.5) is 0 Å². The Kier molecular flexibility index (Phi) is 7.17. The third-order valence-electron chi connectivity index (χ3n) is 7.64. The third-order valence-corrected chi connectivity index (χ3v) is 7.64. The Morgan fingerprint density at radius 2 is 1.54 bits per heavy atom. The fourth-order valence-corrected chi connectivity index (χ4v) is 5.44. The summed E-state index contributed by atoms with van der Waals surface area (Å²) in [6.07, 6.45) is 0.673. The zero-order valence-electron chi connectivity index (χ0n) is 23.2. The summed E-state index contributed by atoms with van der Waals surface area (Å²) >= 11 is 0. The first-order valence-corrected chi connectivity index (χ1v) is 13.9. The molecule has 5 aromatic carbocycles. The molecule has 0 aliphatic heterocycles. The summed E-state index contributed by atoms with van der Waals surface area (Å²) in [5.41, 5.74) is 3.98. The Labute approximate surface area is 239 Å². The number of amides is 1. The maximum Gasteiger partial charge on any atom is 0.266 e. The van der Waals surface area contributed by atoms with Gasteiger partial charge in [0.2, 0.25) is 0 Å². The second kappa shape index (κ2) is 11.2. The van der Waals surface area contributed by atoms with Crippen molar-refractivity contribution in [2.24, 2.45) is 0 Å². The minimum atomic E-state index is -0.490. The molecule has 202 valence electrons. The van der Waals surface area contributed by atoms with E-state index in [0.29, 0.717) is 35.3 Å². The number of hydrogen-bond donors (Lipinski definition) is 0. The number of aryl methyl sites for hydroxylation is 1. The van der Waals surface area contributed by atoms with Gasteiger partial charge in [0.1, 0.15) is 5.82 Å². The number of para-hydroxylation sites is 1. The van der Waals surface area contributed by atoms with Gasteiger partial charge in [0, 0.05) is 12.1 Å². The second-order valence-electron chi connectivity index (χ2n) is 10.4. The molecule has 5 nitrogen and oxygen atoms in total. The molecule has 0 saturated carbocycles. The van der Waals surface area contributed by atoms with Crippen LogP contribution >= 0.6 is 0 Å². The fourth-order valence-electron chi connectivity index (χ4n) is 5.44. The van der Waals surface area contributed by atoms with Crippen LogP contribution in [0.5, 0.6) is 0 Å². The molecule has 6 aromatic rings. The quantitative estimate of drug-likeness (QED) is 0.215. The van der Waals surface area contributed by atoms with Gasteiger partial charge in [0.25, 0.3) is 11.5 Å². The van der Waals surface area contributed by atoms with Crippen LogP contribution in [-0.2, 0) is 6.42 Å². The lowest BCUT2D eigenvalue weighted by atomic mass is 10.0. The lowest BCUT2D eigenvalue weighted by Crippen LogP contribution is -2.38. The molecule has 1 unspecified atom stereocenters. The van der Waals surface area contributed by atoms with E-state index in [4.69, 9.17) is 4.98 Å². The van der Waals surface area contributed by atoms with E-state index in [9.17, 15) is 9.59 Å². The van der Waals surface area contributed by atoms with Gasteiger partial charge in [-0.25, -0.2) is 4.98 Å². The zero-order chi connectivity index (χ0) is 28.3. The van der Waals surface area contributed by atoms with Crippen LogP contribution in [-0.4, -0.2) is 26.9 Å². The molecule has 1 amide bonds. The maximum atomic E-state index is 14.3. The Morgan fingerprint density at radius 3 is 2.34 bits per heavy atom. The summed E-state index contributed by atoms with van der Waals surface area (Å²) in [7, 11) is 0. The average molecular weight is 538 g/mol. The number of benzene rings is 5. The molecular formula is C36H31N3O2. The summed E-state index contributed by atoms with van der Waals surface area (Å²) in [5.74, 6) is 0.430. The van der Waals surface area contributed by atoms with Crippen LogP contribution in [0.25, 0.3) is 27.4 Å². The van der Waals surface area contributed by atoms with E-state index >= 15 is 0 Å². The van der Waals surface area contributed by atoms with E-state index in [2.05, 4.69) is 12.1 Å². The van der Waals surface area contributed by atoms with Crippen molar-refractivity contribution in [3.63, 3.8) is 0 Å². The van der Waals surface area contributed by atoms with Gasteiger partial charge in [-0.3, -0.25) is 14.2 Å². The van der Waals surface area contributed by atoms with Gasteiger partial charge in [-0.05, 0) is 78.6 Å². The predicted molar refractivity (Wildman–Crippen MR) is 166 cm³/mol. The number of carbonyl (C=O) groups is 1. The molecule has 0 bridgehead atoms. The van der Waals surface area contributed by atoms with E-state index in [1.165, 1.54) is 0 Å². The van der Waals surface area contributed by atoms with Crippen molar-refractivity contribution in [2.75, 3.05) is 6.54 Å². The van der Waals surface area contributed by atoms with E-state index < -0.39 is 6.04 Å². The summed E-state index contributed by atoms with van der Waals surface area (Å²) in [5, 5.41) is 2.63. The first-order chi connectivity index (χ1) is 20.0. The van der Waals surface area contributed by atoms with Crippen LogP contribution in [0.1, 0.15) is 40.3 Å². The molecule has 1 aromatic heterocycles. The number of nitrogens with zero attached hydrogens (tertiary/aromatic N) is 3. The minimum absolute atomic E-state index is 0.0996. The summed E-state index contributed by atoms with van der Waals surface area (Å²) in [6, 6.07) is 38.7. The molecule has 0 aliphatic rings. The highest BCUT2D eigenvalue weighted by Crippen LogP contribution is 2.26. The lowest BCUT2D eigenvalue weighted by molar-refractivity contribution is 0.0684. The Morgan fingerprint density at radius 1 is 0.805 bits per heavy atom.